The van der Waals surface area contributed by atoms with E-state index < -0.39 is 11.2 Å². The summed E-state index contributed by atoms with van der Waals surface area (Å²) in [4.78, 5) is 42.6. The first-order chi connectivity index (χ1) is 11.8. The SMILES string of the molecule is CN(Cc1cnn(C)c1)C(=O)c1ccc2c(=O)n(C)c(=O)n(C)c2n1. The lowest BCUT2D eigenvalue weighted by atomic mass is 10.2. The standard InChI is InChI=1S/C16H18N6O3/c1-19(8-10-7-17-20(2)9-10)15(24)12-6-5-11-13(18-12)21(3)16(25)22(4)14(11)23/h5-7,9H,8H2,1-4H3. The fourth-order valence-electron chi connectivity index (χ4n) is 2.67. The summed E-state index contributed by atoms with van der Waals surface area (Å²) in [7, 11) is 6.39. The molecular formula is C16H18N6O3. The largest absolute Gasteiger partial charge is 0.336 e. The van der Waals surface area contributed by atoms with Crippen LogP contribution in [0.3, 0.4) is 0 Å². The summed E-state index contributed by atoms with van der Waals surface area (Å²) in [5.74, 6) is -0.307. The normalized spacial score (nSPS) is 11.0. The second kappa shape index (κ2) is 6.00. The highest BCUT2D eigenvalue weighted by molar-refractivity contribution is 5.94. The summed E-state index contributed by atoms with van der Waals surface area (Å²) in [6, 6.07) is 3.02. The molecule has 130 valence electrons. The van der Waals surface area contributed by atoms with Crippen molar-refractivity contribution >= 4 is 16.9 Å². The Labute approximate surface area is 142 Å². The van der Waals surface area contributed by atoms with Crippen molar-refractivity contribution in [2.24, 2.45) is 21.1 Å². The minimum absolute atomic E-state index is 0.169. The zero-order valence-electron chi connectivity index (χ0n) is 14.4. The molecule has 0 N–H and O–H groups in total. The molecule has 0 saturated carbocycles. The molecule has 0 bridgehead atoms. The molecule has 0 aliphatic heterocycles. The van der Waals surface area contributed by atoms with E-state index in [-0.39, 0.29) is 22.6 Å². The molecule has 3 aromatic rings. The van der Waals surface area contributed by atoms with Crippen LogP contribution in [0.25, 0.3) is 11.0 Å². The molecule has 0 aliphatic rings. The molecule has 25 heavy (non-hydrogen) atoms. The van der Waals surface area contributed by atoms with Gasteiger partial charge in [-0.15, -0.1) is 0 Å². The Bertz CT molecular complexity index is 1090. The fourth-order valence-corrected chi connectivity index (χ4v) is 2.67. The van der Waals surface area contributed by atoms with Crippen LogP contribution in [-0.4, -0.2) is 41.8 Å². The van der Waals surface area contributed by atoms with Crippen molar-refractivity contribution in [1.82, 2.24) is 28.8 Å². The number of fused-ring (bicyclic) bond motifs is 1. The van der Waals surface area contributed by atoms with Gasteiger partial charge in [-0.3, -0.25) is 23.4 Å². The molecule has 0 saturated heterocycles. The minimum Gasteiger partial charge on any atom is -0.336 e. The Morgan fingerprint density at radius 1 is 1.16 bits per heavy atom. The van der Waals surface area contributed by atoms with Crippen LogP contribution in [0.4, 0.5) is 0 Å². The Balaban J connectivity index is 2.00. The maximum Gasteiger partial charge on any atom is 0.332 e. The van der Waals surface area contributed by atoms with Crippen LogP contribution >= 0.6 is 0 Å². The molecule has 0 fully saturated rings. The van der Waals surface area contributed by atoms with Crippen LogP contribution in [0.5, 0.6) is 0 Å². The third-order valence-corrected chi connectivity index (χ3v) is 4.05. The number of aromatic nitrogens is 5. The number of nitrogens with zero attached hydrogens (tertiary/aromatic N) is 6. The van der Waals surface area contributed by atoms with Crippen LogP contribution in [0.15, 0.2) is 34.1 Å². The Morgan fingerprint density at radius 2 is 1.88 bits per heavy atom. The minimum atomic E-state index is -0.488. The van der Waals surface area contributed by atoms with Crippen LogP contribution in [0.1, 0.15) is 16.1 Å². The molecule has 0 aliphatic carbocycles. The Morgan fingerprint density at radius 3 is 2.52 bits per heavy atom. The van der Waals surface area contributed by atoms with Gasteiger partial charge in [0.25, 0.3) is 11.5 Å². The van der Waals surface area contributed by atoms with Gasteiger partial charge >= 0.3 is 5.69 Å². The number of pyridine rings is 1. The van der Waals surface area contributed by atoms with Crippen molar-refractivity contribution in [3.63, 3.8) is 0 Å². The van der Waals surface area contributed by atoms with Gasteiger partial charge in [0.05, 0.1) is 11.6 Å². The maximum atomic E-state index is 12.6. The second-order valence-electron chi connectivity index (χ2n) is 5.96. The van der Waals surface area contributed by atoms with E-state index in [0.717, 1.165) is 10.1 Å². The first-order valence-electron chi connectivity index (χ1n) is 7.59. The van der Waals surface area contributed by atoms with E-state index in [9.17, 15) is 14.4 Å². The van der Waals surface area contributed by atoms with Crippen LogP contribution in [0, 0.1) is 0 Å². The Hall–Kier alpha value is -3.23. The molecule has 0 aromatic carbocycles. The van der Waals surface area contributed by atoms with E-state index in [0.29, 0.717) is 6.54 Å². The highest BCUT2D eigenvalue weighted by atomic mass is 16.2. The van der Waals surface area contributed by atoms with E-state index in [1.807, 2.05) is 6.20 Å². The van der Waals surface area contributed by atoms with Crippen molar-refractivity contribution in [3.05, 3.63) is 56.6 Å². The first-order valence-corrected chi connectivity index (χ1v) is 7.59. The topological polar surface area (TPSA) is 95.0 Å². The zero-order chi connectivity index (χ0) is 18.3. The van der Waals surface area contributed by atoms with E-state index in [1.54, 1.807) is 25.0 Å². The molecule has 0 radical (unpaired) electrons. The van der Waals surface area contributed by atoms with Gasteiger partial charge in [-0.05, 0) is 12.1 Å². The molecule has 1 amide bonds. The van der Waals surface area contributed by atoms with Crippen LogP contribution < -0.4 is 11.2 Å². The summed E-state index contributed by atoms with van der Waals surface area (Å²) in [6.45, 7) is 0.377. The number of hydrogen-bond donors (Lipinski definition) is 0. The van der Waals surface area contributed by atoms with Crippen molar-refractivity contribution in [2.75, 3.05) is 7.05 Å². The summed E-state index contributed by atoms with van der Waals surface area (Å²) in [5.41, 5.74) is 0.322. The molecule has 0 spiro atoms. The third kappa shape index (κ3) is 2.84. The van der Waals surface area contributed by atoms with E-state index >= 15 is 0 Å². The maximum absolute atomic E-state index is 12.6. The average Bonchev–Trinajstić information content (AvgIpc) is 3.01. The van der Waals surface area contributed by atoms with Gasteiger partial charge in [0.1, 0.15) is 11.3 Å². The highest BCUT2D eigenvalue weighted by Gasteiger charge is 2.17. The number of rotatable bonds is 3. The highest BCUT2D eigenvalue weighted by Crippen LogP contribution is 2.10. The third-order valence-electron chi connectivity index (χ3n) is 4.05. The smallest absolute Gasteiger partial charge is 0.332 e. The van der Waals surface area contributed by atoms with Crippen molar-refractivity contribution in [3.8, 4) is 0 Å². The monoisotopic (exact) mass is 342 g/mol. The first kappa shape index (κ1) is 16.6. The number of hydrogen-bond acceptors (Lipinski definition) is 5. The summed E-state index contributed by atoms with van der Waals surface area (Å²) < 4.78 is 3.93. The number of carbonyl (C=O) groups is 1. The second-order valence-corrected chi connectivity index (χ2v) is 5.96. The predicted molar refractivity (Wildman–Crippen MR) is 91.2 cm³/mol. The van der Waals surface area contributed by atoms with Gasteiger partial charge < -0.3 is 4.90 Å². The summed E-state index contributed by atoms with van der Waals surface area (Å²) >= 11 is 0. The lowest BCUT2D eigenvalue weighted by molar-refractivity contribution is 0.0779. The molecule has 3 rings (SSSR count). The van der Waals surface area contributed by atoms with Gasteiger partial charge in [-0.1, -0.05) is 0 Å². The van der Waals surface area contributed by atoms with Crippen LogP contribution in [-0.2, 0) is 27.7 Å². The van der Waals surface area contributed by atoms with E-state index in [1.165, 1.54) is 35.7 Å². The molecule has 9 heteroatoms. The van der Waals surface area contributed by atoms with Gasteiger partial charge in [0.2, 0.25) is 0 Å². The fraction of sp³-hybridized carbons (Fsp3) is 0.312. The molecule has 9 nitrogen and oxygen atoms in total. The van der Waals surface area contributed by atoms with Gasteiger partial charge in [-0.25, -0.2) is 9.78 Å². The number of amides is 1. The molecule has 3 aromatic heterocycles. The summed E-state index contributed by atoms with van der Waals surface area (Å²) in [5, 5.41) is 4.36. The lowest BCUT2D eigenvalue weighted by Gasteiger charge is -2.16. The van der Waals surface area contributed by atoms with Crippen molar-refractivity contribution in [1.29, 1.82) is 0 Å². The summed E-state index contributed by atoms with van der Waals surface area (Å²) in [6.07, 6.45) is 3.51. The van der Waals surface area contributed by atoms with Gasteiger partial charge in [-0.2, -0.15) is 5.10 Å². The van der Waals surface area contributed by atoms with E-state index in [4.69, 9.17) is 0 Å². The molecule has 0 atom stereocenters. The van der Waals surface area contributed by atoms with Crippen molar-refractivity contribution < 1.29 is 4.79 Å². The van der Waals surface area contributed by atoms with E-state index in [2.05, 4.69) is 10.1 Å². The number of aryl methyl sites for hydroxylation is 2. The molecular weight excluding hydrogens is 324 g/mol. The lowest BCUT2D eigenvalue weighted by Crippen LogP contribution is -2.37. The zero-order valence-corrected chi connectivity index (χ0v) is 14.4. The van der Waals surface area contributed by atoms with Gasteiger partial charge in [0.15, 0.2) is 0 Å². The van der Waals surface area contributed by atoms with Gasteiger partial charge in [0, 0.05) is 46.5 Å². The Kier molecular flexibility index (Phi) is 3.99. The molecule has 0 unspecified atom stereocenters. The number of carbonyl (C=O) groups excluding carboxylic acids is 1. The average molecular weight is 342 g/mol. The van der Waals surface area contributed by atoms with Crippen LogP contribution in [0.2, 0.25) is 0 Å². The quantitative estimate of drug-likeness (QED) is 0.648. The van der Waals surface area contributed by atoms with Crippen molar-refractivity contribution in [2.45, 2.75) is 6.54 Å². The predicted octanol–water partition coefficient (Wildman–Crippen LogP) is -0.362. The molecule has 3 heterocycles.